The second kappa shape index (κ2) is 2.65. The molecule has 0 saturated heterocycles. The second-order valence-corrected chi connectivity index (χ2v) is 3.01. The third-order valence-corrected chi connectivity index (χ3v) is 2.14. The fourth-order valence-electron chi connectivity index (χ4n) is 0.632. The number of halogens is 4. The Hall–Kier alpha value is -0.843. The van der Waals surface area contributed by atoms with Gasteiger partial charge in [0.2, 0.25) is 0 Å². The summed E-state index contributed by atoms with van der Waals surface area (Å²) in [5.74, 6) is -5.60. The zero-order chi connectivity index (χ0) is 8.59. The summed E-state index contributed by atoms with van der Waals surface area (Å²) in [4.78, 5) is 0. The van der Waals surface area contributed by atoms with Gasteiger partial charge in [0.05, 0.1) is 6.07 Å². The van der Waals surface area contributed by atoms with Gasteiger partial charge in [-0.05, 0) is 0 Å². The van der Waals surface area contributed by atoms with Crippen LogP contribution in [-0.2, 0) is 0 Å². The minimum atomic E-state index is -1.46. The fraction of sp³-hybridized carbons (Fsp3) is 0. The Morgan fingerprint density at radius 2 is 1.27 bits per heavy atom. The molecule has 0 bridgehead atoms. The van der Waals surface area contributed by atoms with Crippen molar-refractivity contribution in [1.82, 2.24) is 0 Å². The maximum absolute atomic E-state index is 12.4. The molecule has 0 heterocycles. The summed E-state index contributed by atoms with van der Waals surface area (Å²) in [6.07, 6.45) is 0. The van der Waals surface area contributed by atoms with Gasteiger partial charge in [-0.25, -0.2) is 17.6 Å². The smallest absolute Gasteiger partial charge is 0.169 e. The summed E-state index contributed by atoms with van der Waals surface area (Å²) >= 11 is 0. The van der Waals surface area contributed by atoms with Crippen molar-refractivity contribution >= 4 is 15.4 Å². The van der Waals surface area contributed by atoms with Crippen LogP contribution in [0.25, 0.3) is 0 Å². The van der Waals surface area contributed by atoms with Crippen LogP contribution in [0.4, 0.5) is 17.6 Å². The number of hydrogen-bond acceptors (Lipinski definition) is 0. The number of rotatable bonds is 0. The molecular formula is C6H3F4Si. The van der Waals surface area contributed by atoms with E-state index >= 15 is 0 Å². The lowest BCUT2D eigenvalue weighted by molar-refractivity contribution is 0.460. The second-order valence-electron chi connectivity index (χ2n) is 2.01. The van der Waals surface area contributed by atoms with Crippen LogP contribution in [-0.4, -0.2) is 10.2 Å². The predicted molar refractivity (Wildman–Crippen MR) is 34.7 cm³/mol. The standard InChI is InChI=1S/C6H3F4Si/c7-2-1-3(8)5(10)6(11)4(2)9/h11H3. The lowest BCUT2D eigenvalue weighted by Gasteiger charge is -1.99. The van der Waals surface area contributed by atoms with Crippen LogP contribution in [0.3, 0.4) is 0 Å². The molecule has 59 valence electrons. The first-order valence-corrected chi connectivity index (χ1v) is 3.76. The van der Waals surface area contributed by atoms with Gasteiger partial charge in [-0.3, -0.25) is 0 Å². The third kappa shape index (κ3) is 1.28. The topological polar surface area (TPSA) is 0 Å². The maximum atomic E-state index is 12.4. The van der Waals surface area contributed by atoms with Crippen molar-refractivity contribution in [3.05, 3.63) is 29.3 Å². The zero-order valence-electron chi connectivity index (χ0n) is 5.51. The summed E-state index contributed by atoms with van der Waals surface area (Å²) in [7, 11) is -0.0744. The molecule has 0 spiro atoms. The Labute approximate surface area is 63.3 Å². The van der Waals surface area contributed by atoms with Crippen molar-refractivity contribution in [3.63, 3.8) is 0 Å². The summed E-state index contributed by atoms with van der Waals surface area (Å²) < 4.78 is 49.2. The quantitative estimate of drug-likeness (QED) is 0.299. The Balaban J connectivity index is 3.46. The molecule has 0 aromatic heterocycles. The first-order chi connectivity index (χ1) is 5.04. The van der Waals surface area contributed by atoms with Crippen molar-refractivity contribution in [2.24, 2.45) is 0 Å². The number of hydrogen-bond donors (Lipinski definition) is 0. The first-order valence-electron chi connectivity index (χ1n) is 2.76. The lowest BCUT2D eigenvalue weighted by atomic mass is 10.3. The highest BCUT2D eigenvalue weighted by molar-refractivity contribution is 6.32. The number of benzene rings is 1. The minimum absolute atomic E-state index is 0.0744. The van der Waals surface area contributed by atoms with Gasteiger partial charge < -0.3 is 0 Å². The summed E-state index contributed by atoms with van der Waals surface area (Å²) in [6, 6.07) is 1.29. The molecule has 0 N–H and O–H groups in total. The summed E-state index contributed by atoms with van der Waals surface area (Å²) in [5.41, 5.74) is 0. The molecule has 0 aliphatic heterocycles. The van der Waals surface area contributed by atoms with E-state index in [-0.39, 0.29) is 10.2 Å². The molecule has 0 amide bonds. The van der Waals surface area contributed by atoms with E-state index < -0.39 is 28.5 Å². The van der Waals surface area contributed by atoms with E-state index in [1.807, 2.05) is 0 Å². The monoisotopic (exact) mass is 179 g/mol. The highest BCUT2D eigenvalue weighted by Gasteiger charge is 2.14. The molecule has 1 aromatic carbocycles. The van der Waals surface area contributed by atoms with Crippen molar-refractivity contribution in [3.8, 4) is 0 Å². The lowest BCUT2D eigenvalue weighted by Crippen LogP contribution is -2.18. The molecule has 1 rings (SSSR count). The normalized spacial score (nSPS) is 10.5. The Bertz CT molecular complexity index is 271. The van der Waals surface area contributed by atoms with Gasteiger partial charge in [-0.2, -0.15) is 0 Å². The highest BCUT2D eigenvalue weighted by atomic mass is 28.1. The van der Waals surface area contributed by atoms with E-state index in [9.17, 15) is 17.6 Å². The van der Waals surface area contributed by atoms with E-state index in [1.165, 1.54) is 6.07 Å². The third-order valence-electron chi connectivity index (χ3n) is 1.26. The molecule has 1 radical (unpaired) electrons. The zero-order valence-corrected chi connectivity index (χ0v) is 7.51. The van der Waals surface area contributed by atoms with E-state index in [0.29, 0.717) is 0 Å². The van der Waals surface area contributed by atoms with E-state index in [0.717, 1.165) is 0 Å². The molecule has 0 saturated carbocycles. The van der Waals surface area contributed by atoms with E-state index in [2.05, 4.69) is 0 Å². The SMILES string of the molecule is Fc1[c]c(F)c(F)c([SiH3])c1F. The Morgan fingerprint density at radius 1 is 0.909 bits per heavy atom. The maximum Gasteiger partial charge on any atom is 0.169 e. The van der Waals surface area contributed by atoms with Crippen LogP contribution in [0.5, 0.6) is 0 Å². The minimum Gasteiger partial charge on any atom is -0.204 e. The summed E-state index contributed by atoms with van der Waals surface area (Å²) in [6.45, 7) is 0. The van der Waals surface area contributed by atoms with Crippen LogP contribution >= 0.6 is 0 Å². The van der Waals surface area contributed by atoms with E-state index in [4.69, 9.17) is 0 Å². The molecular weight excluding hydrogens is 176 g/mol. The van der Waals surface area contributed by atoms with Gasteiger partial charge >= 0.3 is 0 Å². The van der Waals surface area contributed by atoms with Crippen molar-refractivity contribution in [1.29, 1.82) is 0 Å². The van der Waals surface area contributed by atoms with Gasteiger partial charge in [0, 0.05) is 15.4 Å². The van der Waals surface area contributed by atoms with Crippen LogP contribution < -0.4 is 5.19 Å². The molecule has 0 nitrogen and oxygen atoms in total. The molecule has 0 aliphatic rings. The molecule has 0 aliphatic carbocycles. The van der Waals surface area contributed by atoms with Gasteiger partial charge in [-0.15, -0.1) is 0 Å². The van der Waals surface area contributed by atoms with Crippen LogP contribution in [0.1, 0.15) is 0 Å². The van der Waals surface area contributed by atoms with E-state index in [1.54, 1.807) is 0 Å². The Kier molecular flexibility index (Phi) is 1.99. The molecule has 5 heteroatoms. The molecule has 0 atom stereocenters. The average molecular weight is 179 g/mol. The van der Waals surface area contributed by atoms with Crippen molar-refractivity contribution in [2.45, 2.75) is 0 Å². The molecule has 0 fully saturated rings. The van der Waals surface area contributed by atoms with Gasteiger partial charge in [-0.1, -0.05) is 0 Å². The average Bonchev–Trinajstić information content (AvgIpc) is 1.97. The van der Waals surface area contributed by atoms with Gasteiger partial charge in [0.25, 0.3) is 0 Å². The first kappa shape index (κ1) is 8.26. The van der Waals surface area contributed by atoms with Gasteiger partial charge in [0.1, 0.15) is 0 Å². The molecule has 1 aromatic rings. The van der Waals surface area contributed by atoms with Gasteiger partial charge in [0.15, 0.2) is 23.3 Å². The highest BCUT2D eigenvalue weighted by Crippen LogP contribution is 2.07. The van der Waals surface area contributed by atoms with Crippen molar-refractivity contribution in [2.75, 3.05) is 0 Å². The van der Waals surface area contributed by atoms with Crippen molar-refractivity contribution < 1.29 is 17.6 Å². The Morgan fingerprint density at radius 3 is 1.64 bits per heavy atom. The fourth-order valence-corrected chi connectivity index (χ4v) is 1.07. The largest absolute Gasteiger partial charge is 0.204 e. The predicted octanol–water partition coefficient (Wildman–Crippen LogP) is 0.0339. The molecule has 11 heavy (non-hydrogen) atoms. The van der Waals surface area contributed by atoms with Crippen LogP contribution in [0.15, 0.2) is 0 Å². The summed E-state index contributed by atoms with van der Waals surface area (Å²) in [5, 5.41) is -0.529. The van der Waals surface area contributed by atoms with Crippen LogP contribution in [0.2, 0.25) is 0 Å². The van der Waals surface area contributed by atoms with Crippen LogP contribution in [0, 0.1) is 29.3 Å². The molecule has 0 unspecified atom stereocenters.